The van der Waals surface area contributed by atoms with Gasteiger partial charge in [0.1, 0.15) is 0 Å². The molecule has 1 heterocycles. The van der Waals surface area contributed by atoms with E-state index in [4.69, 9.17) is 11.5 Å². The molecule has 9 atom stereocenters. The van der Waals surface area contributed by atoms with E-state index in [0.29, 0.717) is 29.8 Å². The lowest BCUT2D eigenvalue weighted by atomic mass is 9.42. The van der Waals surface area contributed by atoms with Crippen LogP contribution in [0.5, 0.6) is 0 Å². The second-order valence-corrected chi connectivity index (χ2v) is 11.9. The second-order valence-electron chi connectivity index (χ2n) is 11.1. The molecule has 0 aromatic carbocycles. The van der Waals surface area contributed by atoms with Gasteiger partial charge in [-0.25, -0.2) is 4.98 Å². The lowest BCUT2D eigenvalue weighted by Gasteiger charge is -2.64. The number of nitrogens with two attached hydrogens (primary N) is 2. The lowest BCUT2D eigenvalue weighted by Crippen LogP contribution is -2.66. The van der Waals surface area contributed by atoms with Gasteiger partial charge in [0.25, 0.3) is 0 Å². The average molecular weight is 449 g/mol. The van der Waals surface area contributed by atoms with Gasteiger partial charge < -0.3 is 26.8 Å². The number of aliphatic hydroxyl groups is 3. The number of fused-ring (bicyclic) bond motifs is 5. The maximum absolute atomic E-state index is 12.3. The molecule has 31 heavy (non-hydrogen) atoms. The Morgan fingerprint density at radius 2 is 1.87 bits per heavy atom. The van der Waals surface area contributed by atoms with Crippen LogP contribution in [0.2, 0.25) is 0 Å². The maximum Gasteiger partial charge on any atom is 0.212 e. The van der Waals surface area contributed by atoms with E-state index in [-0.39, 0.29) is 29.3 Å². The van der Waals surface area contributed by atoms with Crippen LogP contribution in [0.25, 0.3) is 0 Å². The molecule has 4 aliphatic rings. The second kappa shape index (κ2) is 7.14. The summed E-state index contributed by atoms with van der Waals surface area (Å²) in [5.74, 6) is 0.913. The third kappa shape index (κ3) is 2.94. The largest absolute Gasteiger partial charge is 0.393 e. The summed E-state index contributed by atoms with van der Waals surface area (Å²) in [7, 11) is 0. The minimum Gasteiger partial charge on any atom is -0.393 e. The van der Waals surface area contributed by atoms with Crippen molar-refractivity contribution in [3.8, 4) is 0 Å². The molecule has 0 bridgehead atoms. The first-order valence-electron chi connectivity index (χ1n) is 11.7. The van der Waals surface area contributed by atoms with E-state index in [0.717, 1.165) is 44.2 Å². The van der Waals surface area contributed by atoms with Gasteiger partial charge in [0, 0.05) is 16.7 Å². The Balaban J connectivity index is 1.49. The molecule has 4 saturated carbocycles. The number of thiazole rings is 1. The standard InChI is InChI=1S/C23H36N4O3S/c1-21-7-5-13(28)9-12(21)3-4-14-16(21)10-18(29)22(2)15(6-8-23(14,22)30)17-11-31-20(26-17)27-19(24)25/h11-16,18,28-30H,3-10H2,1-2H3,(H4,24,25,26,27)/t12-,13+,14?,15-,16?,18-,21+,22+,23+/m1/s1. The van der Waals surface area contributed by atoms with Crippen molar-refractivity contribution in [1.82, 2.24) is 4.98 Å². The van der Waals surface area contributed by atoms with Crippen molar-refractivity contribution in [2.75, 3.05) is 0 Å². The fourth-order valence-electron chi connectivity index (χ4n) is 8.26. The first-order valence-corrected chi connectivity index (χ1v) is 12.6. The van der Waals surface area contributed by atoms with E-state index < -0.39 is 17.1 Å². The summed E-state index contributed by atoms with van der Waals surface area (Å²) < 4.78 is 0. The number of nitrogens with zero attached hydrogens (tertiary/aromatic N) is 2. The van der Waals surface area contributed by atoms with Crippen molar-refractivity contribution in [2.45, 2.75) is 88.9 Å². The minimum atomic E-state index is -0.913. The highest BCUT2D eigenvalue weighted by molar-refractivity contribution is 7.13. The molecule has 0 amide bonds. The Kier molecular flexibility index (Phi) is 4.98. The summed E-state index contributed by atoms with van der Waals surface area (Å²) in [6, 6.07) is 0. The quantitative estimate of drug-likeness (QED) is 0.348. The first-order chi connectivity index (χ1) is 14.6. The number of rotatable bonds is 2. The van der Waals surface area contributed by atoms with Crippen molar-refractivity contribution < 1.29 is 15.3 Å². The zero-order chi connectivity index (χ0) is 22.2. The van der Waals surface area contributed by atoms with E-state index in [1.54, 1.807) is 0 Å². The van der Waals surface area contributed by atoms with Crippen LogP contribution in [0.1, 0.15) is 76.8 Å². The summed E-state index contributed by atoms with van der Waals surface area (Å²) in [6.45, 7) is 4.43. The van der Waals surface area contributed by atoms with Gasteiger partial charge in [-0.3, -0.25) is 0 Å². The van der Waals surface area contributed by atoms with E-state index in [1.165, 1.54) is 11.3 Å². The van der Waals surface area contributed by atoms with Crippen LogP contribution in [-0.4, -0.2) is 44.1 Å². The van der Waals surface area contributed by atoms with Gasteiger partial charge in [0.15, 0.2) is 5.96 Å². The van der Waals surface area contributed by atoms with Crippen molar-refractivity contribution in [2.24, 2.45) is 45.0 Å². The monoisotopic (exact) mass is 448 g/mol. The molecule has 2 unspecified atom stereocenters. The molecule has 0 aliphatic heterocycles. The van der Waals surface area contributed by atoms with Crippen LogP contribution in [0.3, 0.4) is 0 Å². The Morgan fingerprint density at radius 1 is 1.10 bits per heavy atom. The fraction of sp³-hybridized carbons (Fsp3) is 0.826. The molecule has 4 aliphatic carbocycles. The molecule has 0 spiro atoms. The SMILES string of the molecule is C[C@]12[C@H](O)CC3C(CC[C@@H]4C[C@@H](O)CC[C@]34C)[C@@]1(O)CC[C@@H]2c1csc(N=C(N)N)n1. The van der Waals surface area contributed by atoms with Crippen LogP contribution in [0, 0.1) is 28.6 Å². The van der Waals surface area contributed by atoms with Gasteiger partial charge in [-0.2, -0.15) is 4.99 Å². The molecule has 8 heteroatoms. The number of guanidine groups is 1. The highest BCUT2D eigenvalue weighted by Crippen LogP contribution is 2.70. The van der Waals surface area contributed by atoms with Gasteiger partial charge in [0.2, 0.25) is 5.13 Å². The predicted molar refractivity (Wildman–Crippen MR) is 121 cm³/mol. The highest BCUT2D eigenvalue weighted by Gasteiger charge is 2.70. The summed E-state index contributed by atoms with van der Waals surface area (Å²) in [5.41, 5.74) is 10.4. The van der Waals surface area contributed by atoms with Crippen LogP contribution in [0.4, 0.5) is 5.13 Å². The Morgan fingerprint density at radius 3 is 2.61 bits per heavy atom. The van der Waals surface area contributed by atoms with Gasteiger partial charge in [-0.15, -0.1) is 11.3 Å². The van der Waals surface area contributed by atoms with Crippen LogP contribution in [-0.2, 0) is 0 Å². The maximum atomic E-state index is 12.3. The predicted octanol–water partition coefficient (Wildman–Crippen LogP) is 2.62. The van der Waals surface area contributed by atoms with Crippen LogP contribution >= 0.6 is 11.3 Å². The molecular weight excluding hydrogens is 412 g/mol. The molecule has 7 N–H and O–H groups in total. The van der Waals surface area contributed by atoms with Gasteiger partial charge >= 0.3 is 0 Å². The lowest BCUT2D eigenvalue weighted by molar-refractivity contribution is -0.241. The minimum absolute atomic E-state index is 0.0156. The number of aromatic nitrogens is 1. The Bertz CT molecular complexity index is 888. The molecule has 0 radical (unpaired) electrons. The highest BCUT2D eigenvalue weighted by atomic mass is 32.1. The van der Waals surface area contributed by atoms with Gasteiger partial charge in [0.05, 0.1) is 23.5 Å². The van der Waals surface area contributed by atoms with Gasteiger partial charge in [-0.05, 0) is 74.5 Å². The molecule has 0 saturated heterocycles. The summed E-state index contributed by atoms with van der Waals surface area (Å²) >= 11 is 1.39. The number of aliphatic hydroxyl groups excluding tert-OH is 2. The van der Waals surface area contributed by atoms with E-state index in [2.05, 4.69) is 23.8 Å². The van der Waals surface area contributed by atoms with E-state index in [1.807, 2.05) is 5.38 Å². The van der Waals surface area contributed by atoms with E-state index in [9.17, 15) is 15.3 Å². The number of hydrogen-bond acceptors (Lipinski definition) is 6. The molecule has 5 rings (SSSR count). The molecule has 4 fully saturated rings. The first kappa shape index (κ1) is 21.6. The number of hydrogen-bond donors (Lipinski definition) is 5. The normalized spacial score (nSPS) is 49.1. The van der Waals surface area contributed by atoms with Crippen LogP contribution in [0.15, 0.2) is 10.4 Å². The zero-order valence-corrected chi connectivity index (χ0v) is 19.3. The molecule has 1 aromatic heterocycles. The molecule has 172 valence electrons. The third-order valence-corrected chi connectivity index (χ3v) is 10.8. The number of aliphatic imine (C=N–C) groups is 1. The molecule has 7 nitrogen and oxygen atoms in total. The Labute approximate surface area is 188 Å². The van der Waals surface area contributed by atoms with Crippen molar-refractivity contribution >= 4 is 22.4 Å². The topological polar surface area (TPSA) is 138 Å². The van der Waals surface area contributed by atoms with Crippen molar-refractivity contribution in [1.29, 1.82) is 0 Å². The van der Waals surface area contributed by atoms with Crippen LogP contribution < -0.4 is 11.5 Å². The smallest absolute Gasteiger partial charge is 0.212 e. The summed E-state index contributed by atoms with van der Waals surface area (Å²) in [4.78, 5) is 8.72. The molecular formula is C23H36N4O3S. The molecule has 1 aromatic rings. The average Bonchev–Trinajstić information content (AvgIpc) is 3.26. The van der Waals surface area contributed by atoms with Gasteiger partial charge in [-0.1, -0.05) is 13.8 Å². The third-order valence-electron chi connectivity index (χ3n) is 10.0. The summed E-state index contributed by atoms with van der Waals surface area (Å²) in [5, 5.41) is 36.6. The Hall–Kier alpha value is -1.22. The summed E-state index contributed by atoms with van der Waals surface area (Å²) in [6.07, 6.45) is 6.11. The van der Waals surface area contributed by atoms with E-state index >= 15 is 0 Å². The van der Waals surface area contributed by atoms with Crippen molar-refractivity contribution in [3.63, 3.8) is 0 Å². The zero-order valence-electron chi connectivity index (χ0n) is 18.5. The fourth-order valence-corrected chi connectivity index (χ4v) is 9.02. The van der Waals surface area contributed by atoms with Crippen molar-refractivity contribution in [3.05, 3.63) is 11.1 Å².